The van der Waals surface area contributed by atoms with E-state index in [9.17, 15) is 9.90 Å². The van der Waals surface area contributed by atoms with Crippen molar-refractivity contribution in [1.82, 2.24) is 19.7 Å². The number of nitrogens with two attached hydrogens (primary N) is 1. The molecule has 4 aromatic rings. The maximum Gasteiger partial charge on any atom is 0.312 e. The topological polar surface area (TPSA) is 120 Å². The van der Waals surface area contributed by atoms with E-state index in [1.165, 1.54) is 6.26 Å². The van der Waals surface area contributed by atoms with Gasteiger partial charge in [-0.1, -0.05) is 17.3 Å². The molecule has 0 aliphatic carbocycles. The number of hydrogen-bond donors (Lipinski definition) is 2. The zero-order valence-electron chi connectivity index (χ0n) is 14.7. The van der Waals surface area contributed by atoms with Gasteiger partial charge in [0.25, 0.3) is 0 Å². The van der Waals surface area contributed by atoms with Crippen molar-refractivity contribution in [2.45, 2.75) is 18.4 Å². The molecule has 0 radical (unpaired) electrons. The molecule has 0 saturated heterocycles. The smallest absolute Gasteiger partial charge is 0.312 e. The lowest BCUT2D eigenvalue weighted by atomic mass is 9.98. The fraction of sp³-hybridized carbons (Fsp3) is 0.158. The van der Waals surface area contributed by atoms with Gasteiger partial charge in [-0.25, -0.2) is 9.97 Å². The molecule has 0 saturated carbocycles. The number of carboxylic acid groups (broad SMARTS) is 1. The molecule has 4 heterocycles. The van der Waals surface area contributed by atoms with Crippen molar-refractivity contribution in [1.29, 1.82) is 0 Å². The number of pyridine rings is 1. The molecule has 2 atom stereocenters. The quantitative estimate of drug-likeness (QED) is 0.493. The van der Waals surface area contributed by atoms with Gasteiger partial charge in [-0.05, 0) is 29.5 Å². The third-order valence-corrected chi connectivity index (χ3v) is 5.34. The number of aliphatic carboxylic acids is 1. The average molecular weight is 395 g/mol. The Morgan fingerprint density at radius 3 is 2.79 bits per heavy atom. The minimum Gasteiger partial charge on any atom is -0.481 e. The third kappa shape index (κ3) is 3.65. The van der Waals surface area contributed by atoms with E-state index in [-0.39, 0.29) is 12.5 Å². The number of rotatable bonds is 7. The number of imidazole rings is 1. The highest BCUT2D eigenvalue weighted by molar-refractivity contribution is 7.10. The Bertz CT molecular complexity index is 1010. The van der Waals surface area contributed by atoms with E-state index >= 15 is 0 Å². The molecule has 28 heavy (non-hydrogen) atoms. The lowest BCUT2D eigenvalue weighted by molar-refractivity contribution is -0.138. The van der Waals surface area contributed by atoms with Crippen LogP contribution in [0, 0.1) is 0 Å². The largest absolute Gasteiger partial charge is 0.481 e. The van der Waals surface area contributed by atoms with E-state index in [0.717, 1.165) is 16.1 Å². The van der Waals surface area contributed by atoms with Crippen molar-refractivity contribution in [3.63, 3.8) is 0 Å². The number of hydrogen-bond acceptors (Lipinski definition) is 7. The summed E-state index contributed by atoms with van der Waals surface area (Å²) in [6.45, 7) is 0. The maximum atomic E-state index is 11.9. The van der Waals surface area contributed by atoms with Crippen LogP contribution in [0.15, 0.2) is 65.2 Å². The van der Waals surface area contributed by atoms with Crippen LogP contribution in [0.4, 0.5) is 5.82 Å². The Balaban J connectivity index is 1.65. The Labute approximate surface area is 164 Å². The van der Waals surface area contributed by atoms with E-state index in [4.69, 9.17) is 10.3 Å². The van der Waals surface area contributed by atoms with Crippen LogP contribution in [0.5, 0.6) is 0 Å². The molecule has 0 aliphatic heterocycles. The second-order valence-corrected chi connectivity index (χ2v) is 7.25. The van der Waals surface area contributed by atoms with Gasteiger partial charge in [-0.15, -0.1) is 11.3 Å². The minimum absolute atomic E-state index is 0.229. The normalized spacial score (nSPS) is 13.3. The van der Waals surface area contributed by atoms with E-state index in [2.05, 4.69) is 15.1 Å². The van der Waals surface area contributed by atoms with Crippen molar-refractivity contribution in [2.24, 2.45) is 0 Å². The maximum absolute atomic E-state index is 11.9. The van der Waals surface area contributed by atoms with Crippen molar-refractivity contribution in [3.8, 4) is 0 Å². The lowest BCUT2D eigenvalue weighted by Crippen LogP contribution is -2.15. The molecular weight excluding hydrogens is 378 g/mol. The summed E-state index contributed by atoms with van der Waals surface area (Å²) >= 11 is 1.59. The van der Waals surface area contributed by atoms with Gasteiger partial charge in [0.15, 0.2) is 0 Å². The summed E-state index contributed by atoms with van der Waals surface area (Å²) in [6.07, 6.45) is 6.76. The predicted octanol–water partition coefficient (Wildman–Crippen LogP) is 2.96. The van der Waals surface area contributed by atoms with Crippen LogP contribution in [0.1, 0.15) is 33.8 Å². The molecule has 0 amide bonds. The first-order valence-electron chi connectivity index (χ1n) is 8.52. The van der Waals surface area contributed by atoms with E-state index in [0.29, 0.717) is 11.5 Å². The SMILES string of the molecule is Nc1ccc(CC(C(=O)O)c2cn(C(c3ccon3)c3cccs3)cn2)cn1. The van der Waals surface area contributed by atoms with Gasteiger partial charge in [0.05, 0.1) is 12.0 Å². The predicted molar refractivity (Wildman–Crippen MR) is 103 cm³/mol. The van der Waals surface area contributed by atoms with Crippen molar-refractivity contribution in [2.75, 3.05) is 5.73 Å². The Morgan fingerprint density at radius 2 is 2.14 bits per heavy atom. The summed E-state index contributed by atoms with van der Waals surface area (Å²) in [4.78, 5) is 21.3. The standard InChI is InChI=1S/C19H17N5O3S/c20-17-4-3-12(9-21-17)8-13(19(25)26)15-10-24(11-22-15)18(14-5-6-27-23-14)16-2-1-7-28-16/h1-7,9-11,13,18H,8H2,(H2,20,21)(H,25,26). The van der Waals surface area contributed by atoms with E-state index in [1.54, 1.807) is 48.3 Å². The Kier molecular flexibility index (Phi) is 4.90. The minimum atomic E-state index is -0.948. The number of aromatic nitrogens is 4. The van der Waals surface area contributed by atoms with Crippen molar-refractivity contribution in [3.05, 3.63) is 82.5 Å². The number of nitrogens with zero attached hydrogens (tertiary/aromatic N) is 4. The van der Waals surface area contributed by atoms with Crippen LogP contribution in [0.25, 0.3) is 0 Å². The molecule has 0 aromatic carbocycles. The highest BCUT2D eigenvalue weighted by Gasteiger charge is 2.26. The lowest BCUT2D eigenvalue weighted by Gasteiger charge is -2.14. The number of thiophene rings is 1. The summed E-state index contributed by atoms with van der Waals surface area (Å²) in [5, 5.41) is 15.8. The molecule has 3 N–H and O–H groups in total. The molecule has 0 bridgehead atoms. The molecule has 4 aromatic heterocycles. The monoisotopic (exact) mass is 395 g/mol. The Morgan fingerprint density at radius 1 is 1.25 bits per heavy atom. The van der Waals surface area contributed by atoms with Crippen LogP contribution in [0.2, 0.25) is 0 Å². The zero-order valence-corrected chi connectivity index (χ0v) is 15.5. The molecule has 4 rings (SSSR count). The van der Waals surface area contributed by atoms with Crippen LogP contribution < -0.4 is 5.73 Å². The molecule has 0 aliphatic rings. The highest BCUT2D eigenvalue weighted by Crippen LogP contribution is 2.30. The van der Waals surface area contributed by atoms with Gasteiger partial charge in [0.1, 0.15) is 29.7 Å². The molecule has 8 nitrogen and oxygen atoms in total. The summed E-state index contributed by atoms with van der Waals surface area (Å²) in [7, 11) is 0. The fourth-order valence-electron chi connectivity index (χ4n) is 3.04. The van der Waals surface area contributed by atoms with E-state index < -0.39 is 11.9 Å². The summed E-state index contributed by atoms with van der Waals surface area (Å²) in [6, 6.07) is 8.95. The van der Waals surface area contributed by atoms with Gasteiger partial charge in [0.2, 0.25) is 0 Å². The first-order valence-corrected chi connectivity index (χ1v) is 9.40. The van der Waals surface area contributed by atoms with Crippen molar-refractivity contribution >= 4 is 23.1 Å². The molecule has 2 unspecified atom stereocenters. The van der Waals surface area contributed by atoms with Gasteiger partial charge in [0, 0.05) is 23.3 Å². The molecular formula is C19H17N5O3S. The first-order chi connectivity index (χ1) is 13.6. The molecule has 0 fully saturated rings. The third-order valence-electron chi connectivity index (χ3n) is 4.41. The number of carbonyl (C=O) groups is 1. The van der Waals surface area contributed by atoms with Crippen LogP contribution >= 0.6 is 11.3 Å². The second kappa shape index (κ2) is 7.65. The molecule has 9 heteroatoms. The fourth-order valence-corrected chi connectivity index (χ4v) is 3.88. The molecule has 0 spiro atoms. The first kappa shape index (κ1) is 17.9. The second-order valence-electron chi connectivity index (χ2n) is 6.27. The van der Waals surface area contributed by atoms with Gasteiger partial charge in [-0.2, -0.15) is 0 Å². The zero-order chi connectivity index (χ0) is 19.5. The Hall–Kier alpha value is -3.46. The van der Waals surface area contributed by atoms with Gasteiger partial charge >= 0.3 is 5.97 Å². The van der Waals surface area contributed by atoms with Gasteiger partial charge < -0.3 is 19.9 Å². The number of nitrogen functional groups attached to an aromatic ring is 1. The highest BCUT2D eigenvalue weighted by atomic mass is 32.1. The van der Waals surface area contributed by atoms with Gasteiger partial charge in [-0.3, -0.25) is 4.79 Å². The van der Waals surface area contributed by atoms with Crippen LogP contribution in [-0.4, -0.2) is 30.8 Å². The van der Waals surface area contributed by atoms with E-state index in [1.807, 2.05) is 22.1 Å². The number of carboxylic acids is 1. The number of anilines is 1. The molecule has 142 valence electrons. The summed E-state index contributed by atoms with van der Waals surface area (Å²) in [5.41, 5.74) is 7.57. The average Bonchev–Trinajstić information content (AvgIpc) is 3.45. The van der Waals surface area contributed by atoms with Crippen LogP contribution in [0.3, 0.4) is 0 Å². The van der Waals surface area contributed by atoms with Crippen molar-refractivity contribution < 1.29 is 14.4 Å². The summed E-state index contributed by atoms with van der Waals surface area (Å²) < 4.78 is 6.86. The summed E-state index contributed by atoms with van der Waals surface area (Å²) in [5.74, 6) is -1.35. The van der Waals surface area contributed by atoms with Crippen LogP contribution in [-0.2, 0) is 11.2 Å².